The van der Waals surface area contributed by atoms with Gasteiger partial charge in [-0.3, -0.25) is 4.90 Å². The third-order valence-corrected chi connectivity index (χ3v) is 5.39. The van der Waals surface area contributed by atoms with E-state index in [9.17, 15) is 0 Å². The number of rotatable bonds is 4. The summed E-state index contributed by atoms with van der Waals surface area (Å²) in [7, 11) is 0. The van der Waals surface area contributed by atoms with Gasteiger partial charge in [0.25, 0.3) is 0 Å². The molecule has 2 saturated carbocycles. The van der Waals surface area contributed by atoms with E-state index in [1.807, 2.05) is 0 Å². The van der Waals surface area contributed by atoms with Crippen molar-refractivity contribution in [2.45, 2.75) is 58.0 Å². The lowest BCUT2D eigenvalue weighted by Crippen LogP contribution is -2.50. The molecule has 0 amide bonds. The summed E-state index contributed by atoms with van der Waals surface area (Å²) in [6.07, 6.45) is 7.46. The first kappa shape index (κ1) is 12.0. The van der Waals surface area contributed by atoms with Crippen molar-refractivity contribution in [3.8, 4) is 0 Å². The topological polar surface area (TPSA) is 15.3 Å². The third kappa shape index (κ3) is 2.39. The van der Waals surface area contributed by atoms with Crippen molar-refractivity contribution >= 4 is 0 Å². The van der Waals surface area contributed by atoms with Gasteiger partial charge >= 0.3 is 0 Å². The molecule has 2 aliphatic carbocycles. The minimum Gasteiger partial charge on any atom is -0.314 e. The molecular formula is C15H28N2. The van der Waals surface area contributed by atoms with Gasteiger partial charge in [-0.2, -0.15) is 0 Å². The fraction of sp³-hybridized carbons (Fsp3) is 1.00. The molecule has 17 heavy (non-hydrogen) atoms. The first-order chi connectivity index (χ1) is 8.24. The highest BCUT2D eigenvalue weighted by Crippen LogP contribution is 2.42. The Hall–Kier alpha value is -0.0800. The molecule has 1 saturated heterocycles. The van der Waals surface area contributed by atoms with Gasteiger partial charge in [0.15, 0.2) is 0 Å². The monoisotopic (exact) mass is 236 g/mol. The first-order valence-corrected chi connectivity index (χ1v) is 7.71. The number of nitrogens with zero attached hydrogens (tertiary/aromatic N) is 1. The molecule has 2 heteroatoms. The van der Waals surface area contributed by atoms with Crippen molar-refractivity contribution in [1.82, 2.24) is 10.2 Å². The molecule has 0 aromatic heterocycles. The van der Waals surface area contributed by atoms with Crippen molar-refractivity contribution in [1.29, 1.82) is 0 Å². The van der Waals surface area contributed by atoms with E-state index in [1.54, 1.807) is 0 Å². The van der Waals surface area contributed by atoms with Gasteiger partial charge < -0.3 is 5.32 Å². The molecule has 0 bridgehead atoms. The highest BCUT2D eigenvalue weighted by molar-refractivity contribution is 4.97. The molecule has 4 unspecified atom stereocenters. The fourth-order valence-electron chi connectivity index (χ4n) is 4.20. The van der Waals surface area contributed by atoms with Crippen LogP contribution in [0.5, 0.6) is 0 Å². The maximum Gasteiger partial charge on any atom is 0.0136 e. The summed E-state index contributed by atoms with van der Waals surface area (Å²) < 4.78 is 0. The van der Waals surface area contributed by atoms with Gasteiger partial charge in [-0.15, -0.1) is 0 Å². The lowest BCUT2D eigenvalue weighted by molar-refractivity contribution is 0.0741. The van der Waals surface area contributed by atoms with Crippen LogP contribution in [-0.2, 0) is 0 Å². The summed E-state index contributed by atoms with van der Waals surface area (Å²) in [5.74, 6) is 3.07. The van der Waals surface area contributed by atoms with E-state index in [-0.39, 0.29) is 0 Å². The first-order valence-electron chi connectivity index (χ1n) is 7.71. The van der Waals surface area contributed by atoms with Crippen LogP contribution in [0.15, 0.2) is 0 Å². The summed E-state index contributed by atoms with van der Waals surface area (Å²) in [4.78, 5) is 2.84. The Morgan fingerprint density at radius 2 is 1.76 bits per heavy atom. The molecular weight excluding hydrogens is 208 g/mol. The summed E-state index contributed by atoms with van der Waals surface area (Å²) in [6.45, 7) is 8.61. The Kier molecular flexibility index (Phi) is 3.45. The average molecular weight is 236 g/mol. The fourth-order valence-corrected chi connectivity index (χ4v) is 4.20. The van der Waals surface area contributed by atoms with Crippen LogP contribution in [0.25, 0.3) is 0 Å². The van der Waals surface area contributed by atoms with Crippen LogP contribution in [0.1, 0.15) is 46.0 Å². The van der Waals surface area contributed by atoms with E-state index in [1.165, 1.54) is 51.7 Å². The maximum atomic E-state index is 3.62. The van der Waals surface area contributed by atoms with Gasteiger partial charge in [0.2, 0.25) is 0 Å². The summed E-state index contributed by atoms with van der Waals surface area (Å²) in [5, 5.41) is 3.62. The SMILES string of the molecule is CC(C)NCC1CCC1N1CC2CCCC2C1. The quantitative estimate of drug-likeness (QED) is 0.807. The van der Waals surface area contributed by atoms with Gasteiger partial charge in [0.05, 0.1) is 0 Å². The second-order valence-electron chi connectivity index (χ2n) is 6.87. The van der Waals surface area contributed by atoms with Gasteiger partial charge in [-0.1, -0.05) is 20.3 Å². The molecule has 1 aliphatic heterocycles. The number of hydrogen-bond acceptors (Lipinski definition) is 2. The Bertz CT molecular complexity index is 252. The second kappa shape index (κ2) is 4.89. The van der Waals surface area contributed by atoms with Crippen molar-refractivity contribution in [3.05, 3.63) is 0 Å². The molecule has 0 aromatic rings. The lowest BCUT2D eigenvalue weighted by atomic mass is 9.78. The van der Waals surface area contributed by atoms with Gasteiger partial charge in [-0.25, -0.2) is 0 Å². The minimum absolute atomic E-state index is 0.647. The molecule has 4 atom stereocenters. The van der Waals surface area contributed by atoms with Crippen LogP contribution in [0.4, 0.5) is 0 Å². The van der Waals surface area contributed by atoms with E-state index in [2.05, 4.69) is 24.1 Å². The maximum absolute atomic E-state index is 3.62. The summed E-state index contributed by atoms with van der Waals surface area (Å²) in [5.41, 5.74) is 0. The van der Waals surface area contributed by atoms with Gasteiger partial charge in [-0.05, 0) is 50.0 Å². The van der Waals surface area contributed by atoms with Crippen LogP contribution >= 0.6 is 0 Å². The molecule has 1 N–H and O–H groups in total. The zero-order valence-electron chi connectivity index (χ0n) is 11.5. The van der Waals surface area contributed by atoms with E-state index < -0.39 is 0 Å². The normalized spacial score (nSPS) is 41.8. The van der Waals surface area contributed by atoms with Crippen LogP contribution in [-0.4, -0.2) is 36.6 Å². The standard InChI is InChI=1S/C15H28N2/c1-11(2)16-8-12-6-7-15(12)17-9-13-4-3-5-14(13)10-17/h11-16H,3-10H2,1-2H3. The molecule has 0 aromatic carbocycles. The molecule has 3 rings (SSSR count). The Balaban J connectivity index is 1.49. The molecule has 0 radical (unpaired) electrons. The van der Waals surface area contributed by atoms with Crippen molar-refractivity contribution in [3.63, 3.8) is 0 Å². The van der Waals surface area contributed by atoms with E-state index in [0.29, 0.717) is 6.04 Å². The molecule has 3 fully saturated rings. The smallest absolute Gasteiger partial charge is 0.0136 e. The Labute approximate surface area is 106 Å². The minimum atomic E-state index is 0.647. The van der Waals surface area contributed by atoms with E-state index >= 15 is 0 Å². The number of likely N-dealkylation sites (tertiary alicyclic amines) is 1. The number of hydrogen-bond donors (Lipinski definition) is 1. The second-order valence-corrected chi connectivity index (χ2v) is 6.87. The zero-order valence-corrected chi connectivity index (χ0v) is 11.5. The number of nitrogens with one attached hydrogen (secondary N) is 1. The molecule has 0 spiro atoms. The highest BCUT2D eigenvalue weighted by Gasteiger charge is 2.43. The van der Waals surface area contributed by atoms with Gasteiger partial charge in [0.1, 0.15) is 0 Å². The van der Waals surface area contributed by atoms with Crippen molar-refractivity contribution in [2.24, 2.45) is 17.8 Å². The van der Waals surface area contributed by atoms with Crippen LogP contribution < -0.4 is 5.32 Å². The van der Waals surface area contributed by atoms with Crippen LogP contribution in [0.3, 0.4) is 0 Å². The summed E-state index contributed by atoms with van der Waals surface area (Å²) in [6, 6.07) is 1.57. The van der Waals surface area contributed by atoms with Gasteiger partial charge in [0, 0.05) is 25.2 Å². The Morgan fingerprint density at radius 3 is 2.29 bits per heavy atom. The predicted molar refractivity (Wildman–Crippen MR) is 72.1 cm³/mol. The number of fused-ring (bicyclic) bond motifs is 1. The molecule has 98 valence electrons. The van der Waals surface area contributed by atoms with Crippen molar-refractivity contribution in [2.75, 3.05) is 19.6 Å². The largest absolute Gasteiger partial charge is 0.314 e. The van der Waals surface area contributed by atoms with E-state index in [4.69, 9.17) is 0 Å². The Morgan fingerprint density at radius 1 is 1.06 bits per heavy atom. The lowest BCUT2D eigenvalue weighted by Gasteiger charge is -2.43. The van der Waals surface area contributed by atoms with Crippen LogP contribution in [0.2, 0.25) is 0 Å². The summed E-state index contributed by atoms with van der Waals surface area (Å²) >= 11 is 0. The molecule has 3 aliphatic rings. The van der Waals surface area contributed by atoms with Crippen molar-refractivity contribution < 1.29 is 0 Å². The van der Waals surface area contributed by atoms with E-state index in [0.717, 1.165) is 23.8 Å². The third-order valence-electron chi connectivity index (χ3n) is 5.39. The van der Waals surface area contributed by atoms with Crippen LogP contribution in [0, 0.1) is 17.8 Å². The molecule has 2 nitrogen and oxygen atoms in total. The average Bonchev–Trinajstić information content (AvgIpc) is 2.75. The molecule has 1 heterocycles. The zero-order chi connectivity index (χ0) is 11.8. The highest BCUT2D eigenvalue weighted by atomic mass is 15.2. The predicted octanol–water partition coefficient (Wildman–Crippen LogP) is 2.49.